The maximum atomic E-state index is 12.4. The number of ether oxygens (including phenoxy) is 1. The Kier molecular flexibility index (Phi) is 5.82. The lowest BCUT2D eigenvalue weighted by Gasteiger charge is -2.17. The number of alkyl carbamates (subject to hydrolysis) is 1. The second-order valence-corrected chi connectivity index (χ2v) is 7.76. The fraction of sp³-hybridized carbons (Fsp3) is 0.167. The van der Waals surface area contributed by atoms with Crippen molar-refractivity contribution in [2.24, 2.45) is 0 Å². The lowest BCUT2D eigenvalue weighted by Crippen LogP contribution is -2.42. The molecule has 4 rings (SSSR count). The van der Waals surface area contributed by atoms with E-state index in [4.69, 9.17) is 16.3 Å². The van der Waals surface area contributed by atoms with E-state index in [1.807, 2.05) is 48.5 Å². The number of aliphatic carboxylic acids is 1. The topological polar surface area (TPSA) is 95.9 Å². The smallest absolute Gasteiger partial charge is 0.407 e. The van der Waals surface area contributed by atoms with E-state index in [1.165, 1.54) is 12.1 Å². The third-order valence-electron chi connectivity index (χ3n) is 5.39. The van der Waals surface area contributed by atoms with Crippen LogP contribution in [0.15, 0.2) is 66.7 Å². The minimum absolute atomic E-state index is 0.000468. The van der Waals surface area contributed by atoms with Crippen molar-refractivity contribution in [2.75, 3.05) is 6.61 Å². The number of rotatable bonds is 6. The molecule has 0 bridgehead atoms. The van der Waals surface area contributed by atoms with E-state index in [0.717, 1.165) is 22.3 Å². The van der Waals surface area contributed by atoms with Gasteiger partial charge >= 0.3 is 12.1 Å². The zero-order valence-corrected chi connectivity index (χ0v) is 17.2. The summed E-state index contributed by atoms with van der Waals surface area (Å²) in [7, 11) is 0. The van der Waals surface area contributed by atoms with Crippen molar-refractivity contribution in [3.8, 4) is 16.9 Å². The molecule has 0 aromatic heterocycles. The van der Waals surface area contributed by atoms with E-state index >= 15 is 0 Å². The first kappa shape index (κ1) is 20.8. The monoisotopic (exact) mass is 437 g/mol. The predicted octanol–water partition coefficient (Wildman–Crippen LogP) is 4.58. The van der Waals surface area contributed by atoms with Crippen molar-refractivity contribution in [3.05, 3.63) is 88.4 Å². The van der Waals surface area contributed by atoms with Crippen molar-refractivity contribution in [3.63, 3.8) is 0 Å². The van der Waals surface area contributed by atoms with Crippen LogP contribution in [0.5, 0.6) is 5.75 Å². The molecule has 3 aromatic carbocycles. The van der Waals surface area contributed by atoms with Gasteiger partial charge in [-0.05, 0) is 39.9 Å². The van der Waals surface area contributed by atoms with Gasteiger partial charge in [0.05, 0.1) is 5.02 Å². The van der Waals surface area contributed by atoms with Crippen LogP contribution in [-0.4, -0.2) is 34.9 Å². The number of carboxylic acid groups (broad SMARTS) is 1. The number of fused-ring (bicyclic) bond motifs is 3. The van der Waals surface area contributed by atoms with Crippen LogP contribution in [0, 0.1) is 0 Å². The van der Waals surface area contributed by atoms with Crippen LogP contribution in [0.25, 0.3) is 11.1 Å². The molecule has 3 aromatic rings. The lowest BCUT2D eigenvalue weighted by atomic mass is 9.98. The molecule has 1 amide bonds. The lowest BCUT2D eigenvalue weighted by molar-refractivity contribution is -0.139. The average Bonchev–Trinajstić information content (AvgIpc) is 3.08. The van der Waals surface area contributed by atoms with Crippen LogP contribution in [0.3, 0.4) is 0 Å². The molecule has 1 atom stereocenters. The molecule has 1 aliphatic rings. The molecule has 0 fully saturated rings. The quantitative estimate of drug-likeness (QED) is 0.524. The van der Waals surface area contributed by atoms with Gasteiger partial charge in [-0.2, -0.15) is 0 Å². The summed E-state index contributed by atoms with van der Waals surface area (Å²) in [5, 5.41) is 21.5. The summed E-state index contributed by atoms with van der Waals surface area (Å²) in [5.41, 5.74) is 4.93. The van der Waals surface area contributed by atoms with Gasteiger partial charge in [0.25, 0.3) is 0 Å². The maximum Gasteiger partial charge on any atom is 0.407 e. The molecule has 6 nitrogen and oxygen atoms in total. The number of aromatic hydroxyl groups is 1. The number of carbonyl (C=O) groups excluding carboxylic acids is 1. The number of carboxylic acids is 1. The second-order valence-electron chi connectivity index (χ2n) is 7.35. The van der Waals surface area contributed by atoms with E-state index < -0.39 is 18.1 Å². The molecule has 3 N–H and O–H groups in total. The van der Waals surface area contributed by atoms with Crippen LogP contribution in [-0.2, 0) is 16.0 Å². The summed E-state index contributed by atoms with van der Waals surface area (Å²) in [6, 6.07) is 19.1. The number of amides is 1. The fourth-order valence-corrected chi connectivity index (χ4v) is 4.10. The highest BCUT2D eigenvalue weighted by molar-refractivity contribution is 6.32. The third-order valence-corrected chi connectivity index (χ3v) is 5.69. The van der Waals surface area contributed by atoms with Crippen LogP contribution < -0.4 is 5.32 Å². The van der Waals surface area contributed by atoms with Gasteiger partial charge in [0.15, 0.2) is 0 Å². The highest BCUT2D eigenvalue weighted by atomic mass is 35.5. The summed E-state index contributed by atoms with van der Waals surface area (Å²) < 4.78 is 5.42. The fourth-order valence-electron chi connectivity index (χ4n) is 3.90. The van der Waals surface area contributed by atoms with Gasteiger partial charge in [-0.1, -0.05) is 66.2 Å². The van der Waals surface area contributed by atoms with Crippen molar-refractivity contribution < 1.29 is 24.5 Å². The van der Waals surface area contributed by atoms with Gasteiger partial charge < -0.3 is 20.3 Å². The normalized spacial score (nSPS) is 13.2. The van der Waals surface area contributed by atoms with Crippen LogP contribution >= 0.6 is 11.6 Å². The van der Waals surface area contributed by atoms with E-state index in [-0.39, 0.29) is 29.7 Å². The number of hydrogen-bond acceptors (Lipinski definition) is 4. The molecular formula is C24H20ClNO5. The summed E-state index contributed by atoms with van der Waals surface area (Å²) in [4.78, 5) is 24.0. The number of carbonyl (C=O) groups is 2. The van der Waals surface area contributed by atoms with Gasteiger partial charge in [0.2, 0.25) is 0 Å². The first-order chi connectivity index (χ1) is 14.9. The van der Waals surface area contributed by atoms with Gasteiger partial charge in [0, 0.05) is 12.3 Å². The first-order valence-corrected chi connectivity index (χ1v) is 10.1. The van der Waals surface area contributed by atoms with E-state index in [2.05, 4.69) is 5.32 Å². The Hall–Kier alpha value is -3.51. The zero-order valence-electron chi connectivity index (χ0n) is 16.4. The van der Waals surface area contributed by atoms with Crippen molar-refractivity contribution in [2.45, 2.75) is 18.4 Å². The van der Waals surface area contributed by atoms with Gasteiger partial charge in [-0.15, -0.1) is 0 Å². The summed E-state index contributed by atoms with van der Waals surface area (Å²) in [6.45, 7) is 0.0945. The highest BCUT2D eigenvalue weighted by Crippen LogP contribution is 2.44. The molecule has 0 heterocycles. The first-order valence-electron chi connectivity index (χ1n) is 9.75. The molecule has 0 saturated heterocycles. The Bertz CT molecular complexity index is 1100. The Balaban J connectivity index is 1.43. The second kappa shape index (κ2) is 8.70. The van der Waals surface area contributed by atoms with Crippen LogP contribution in [0.1, 0.15) is 22.6 Å². The van der Waals surface area contributed by atoms with Gasteiger partial charge in [-0.3, -0.25) is 0 Å². The van der Waals surface area contributed by atoms with E-state index in [0.29, 0.717) is 5.56 Å². The molecule has 158 valence electrons. The molecule has 0 aliphatic heterocycles. The summed E-state index contributed by atoms with van der Waals surface area (Å²) in [5.74, 6) is -1.41. The Morgan fingerprint density at radius 1 is 1.00 bits per heavy atom. The Morgan fingerprint density at radius 3 is 2.19 bits per heavy atom. The van der Waals surface area contributed by atoms with Crippen molar-refractivity contribution in [1.29, 1.82) is 0 Å². The molecule has 0 radical (unpaired) electrons. The number of phenols is 1. The van der Waals surface area contributed by atoms with Crippen LogP contribution in [0.2, 0.25) is 5.02 Å². The number of halogens is 1. The number of benzene rings is 3. The summed E-state index contributed by atoms with van der Waals surface area (Å²) in [6.07, 6.45) is -0.807. The zero-order chi connectivity index (χ0) is 22.0. The minimum atomic E-state index is -1.20. The SMILES string of the molecule is O=C(N[C@H](Cc1ccc(O)c(Cl)c1)C(=O)O)OCC1c2ccccc2-c2ccccc21. The summed E-state index contributed by atoms with van der Waals surface area (Å²) >= 11 is 5.88. The number of hydrogen-bond donors (Lipinski definition) is 3. The molecule has 7 heteroatoms. The molecule has 0 saturated carbocycles. The number of nitrogens with one attached hydrogen (secondary N) is 1. The Labute approximate surface area is 184 Å². The number of phenolic OH excluding ortho intramolecular Hbond substituents is 1. The Morgan fingerprint density at radius 2 is 1.61 bits per heavy atom. The van der Waals surface area contributed by atoms with Gasteiger partial charge in [0.1, 0.15) is 18.4 Å². The third kappa shape index (κ3) is 4.34. The maximum absolute atomic E-state index is 12.4. The van der Waals surface area contributed by atoms with Crippen molar-refractivity contribution in [1.82, 2.24) is 5.32 Å². The molecule has 31 heavy (non-hydrogen) atoms. The molecule has 1 aliphatic carbocycles. The standard InChI is InChI=1S/C24H20ClNO5/c25-20-11-14(9-10-22(20)27)12-21(23(28)29)26-24(30)31-13-19-17-7-3-1-5-15(17)16-6-2-4-8-18(16)19/h1-11,19,21,27H,12-13H2,(H,26,30)(H,28,29)/t21-/m1/s1. The molecule has 0 unspecified atom stereocenters. The average molecular weight is 438 g/mol. The predicted molar refractivity (Wildman–Crippen MR) is 116 cm³/mol. The molecular weight excluding hydrogens is 418 g/mol. The largest absolute Gasteiger partial charge is 0.506 e. The van der Waals surface area contributed by atoms with E-state index in [1.54, 1.807) is 6.07 Å². The van der Waals surface area contributed by atoms with Crippen molar-refractivity contribution >= 4 is 23.7 Å². The minimum Gasteiger partial charge on any atom is -0.506 e. The van der Waals surface area contributed by atoms with Gasteiger partial charge in [-0.25, -0.2) is 9.59 Å². The highest BCUT2D eigenvalue weighted by Gasteiger charge is 2.29. The molecule has 0 spiro atoms. The van der Waals surface area contributed by atoms with Crippen LogP contribution in [0.4, 0.5) is 4.79 Å². The van der Waals surface area contributed by atoms with E-state index in [9.17, 15) is 19.8 Å².